The molecule has 0 fully saturated rings. The average Bonchev–Trinajstić information content (AvgIpc) is 3.14. The molecule has 2 nitrogen and oxygen atoms in total. The molecule has 0 amide bonds. The van der Waals surface area contributed by atoms with E-state index in [1.54, 1.807) is 5.82 Å². The van der Waals surface area contributed by atoms with E-state index in [4.69, 9.17) is 0 Å². The molecule has 1 heterocycles. The number of aromatic nitrogens is 2. The summed E-state index contributed by atoms with van der Waals surface area (Å²) in [5.41, 5.74) is 0. The minimum Gasteiger partial charge on any atom is -0.234 e. The molecule has 1 aromatic heterocycles. The summed E-state index contributed by atoms with van der Waals surface area (Å²) in [4.78, 5) is 0. The van der Waals surface area contributed by atoms with Crippen molar-refractivity contribution in [3.8, 4) is 0 Å². The van der Waals surface area contributed by atoms with Gasteiger partial charge in [-0.05, 0) is 32.1 Å². The van der Waals surface area contributed by atoms with Crippen molar-refractivity contribution in [2.75, 3.05) is 0 Å². The first-order valence-electron chi connectivity index (χ1n) is 13.9. The van der Waals surface area contributed by atoms with Crippen molar-refractivity contribution >= 4 is 0 Å². The lowest BCUT2D eigenvalue weighted by atomic mass is 10.1. The summed E-state index contributed by atoms with van der Waals surface area (Å²) < 4.78 is 5.16. The lowest BCUT2D eigenvalue weighted by Gasteiger charge is -2.06. The molecule has 0 aliphatic carbocycles. The molecule has 2 heteroatoms. The Morgan fingerprint density at radius 3 is 1.60 bits per heavy atom. The topological polar surface area (TPSA) is 8.81 Å². The van der Waals surface area contributed by atoms with Crippen LogP contribution in [-0.2, 0) is 19.5 Å². The van der Waals surface area contributed by atoms with Crippen molar-refractivity contribution in [2.24, 2.45) is 0 Å². The standard InChI is InChI=1S/C28H55N2/c1-4-7-10-12-14-16-18-21-24-29-26-27-30(28(29)23-20-9-6-3)25-22-19-17-15-13-11-8-5-2/h26-27H,4-25H2,1-3H3/q+1. The van der Waals surface area contributed by atoms with Crippen molar-refractivity contribution in [1.29, 1.82) is 0 Å². The normalized spacial score (nSPS) is 11.4. The predicted octanol–water partition coefficient (Wildman–Crippen LogP) is 8.79. The van der Waals surface area contributed by atoms with E-state index in [1.807, 2.05) is 0 Å². The maximum absolute atomic E-state index is 2.58. The Bertz CT molecular complexity index is 439. The highest BCUT2D eigenvalue weighted by Gasteiger charge is 2.16. The van der Waals surface area contributed by atoms with Crippen LogP contribution in [0.3, 0.4) is 0 Å². The first kappa shape index (κ1) is 27.2. The Morgan fingerprint density at radius 1 is 0.567 bits per heavy atom. The number of unbranched alkanes of at least 4 members (excludes halogenated alkanes) is 16. The number of hydrogen-bond acceptors (Lipinski definition) is 0. The Balaban J connectivity index is 2.32. The SMILES string of the molecule is CCCCCCCCCCn1cc[n+](CCCCCCCCCC)c1CCCCC. The van der Waals surface area contributed by atoms with Crippen molar-refractivity contribution in [1.82, 2.24) is 4.57 Å². The van der Waals surface area contributed by atoms with Crippen LogP contribution in [0.25, 0.3) is 0 Å². The van der Waals surface area contributed by atoms with E-state index in [1.165, 1.54) is 142 Å². The van der Waals surface area contributed by atoms with Crippen LogP contribution in [0.2, 0.25) is 0 Å². The Labute approximate surface area is 189 Å². The zero-order valence-electron chi connectivity index (χ0n) is 21.1. The molecule has 0 saturated carbocycles. The lowest BCUT2D eigenvalue weighted by Crippen LogP contribution is -2.37. The van der Waals surface area contributed by atoms with Crippen LogP contribution in [-0.4, -0.2) is 4.57 Å². The van der Waals surface area contributed by atoms with E-state index in [-0.39, 0.29) is 0 Å². The largest absolute Gasteiger partial charge is 0.256 e. The molecule has 176 valence electrons. The highest BCUT2D eigenvalue weighted by atomic mass is 15.1. The predicted molar refractivity (Wildman–Crippen MR) is 133 cm³/mol. The summed E-state index contributed by atoms with van der Waals surface area (Å²) in [5.74, 6) is 1.59. The molecule has 0 saturated heterocycles. The van der Waals surface area contributed by atoms with Crippen LogP contribution in [0, 0.1) is 0 Å². The molecule has 0 aliphatic heterocycles. The molecule has 1 aromatic rings. The monoisotopic (exact) mass is 419 g/mol. The Morgan fingerprint density at radius 2 is 1.03 bits per heavy atom. The van der Waals surface area contributed by atoms with Gasteiger partial charge in [0.15, 0.2) is 0 Å². The molecule has 0 unspecified atom stereocenters. The zero-order chi connectivity index (χ0) is 21.7. The third kappa shape index (κ3) is 13.5. The van der Waals surface area contributed by atoms with Gasteiger partial charge in [0.2, 0.25) is 0 Å². The van der Waals surface area contributed by atoms with Crippen LogP contribution in [0.4, 0.5) is 0 Å². The molecule has 1 rings (SSSR count). The molecule has 0 N–H and O–H groups in total. The molecule has 0 aliphatic rings. The number of imidazole rings is 1. The Kier molecular flexibility index (Phi) is 18.3. The van der Waals surface area contributed by atoms with Crippen molar-refractivity contribution in [2.45, 2.75) is 162 Å². The van der Waals surface area contributed by atoms with Gasteiger partial charge in [0.1, 0.15) is 12.4 Å². The van der Waals surface area contributed by atoms with Gasteiger partial charge in [-0.1, -0.05) is 111 Å². The third-order valence-electron chi connectivity index (χ3n) is 6.60. The quantitative estimate of drug-likeness (QED) is 0.131. The number of rotatable bonds is 22. The summed E-state index contributed by atoms with van der Waals surface area (Å²) >= 11 is 0. The van der Waals surface area contributed by atoms with E-state index in [2.05, 4.69) is 42.3 Å². The molecule has 0 aromatic carbocycles. The van der Waals surface area contributed by atoms with Gasteiger partial charge in [0.05, 0.1) is 13.1 Å². The Hall–Kier alpha value is -0.790. The molecule has 0 spiro atoms. The van der Waals surface area contributed by atoms with Crippen LogP contribution in [0.5, 0.6) is 0 Å². The second kappa shape index (κ2) is 20.1. The second-order valence-corrected chi connectivity index (χ2v) is 9.51. The molecular weight excluding hydrogens is 364 g/mol. The number of hydrogen-bond donors (Lipinski definition) is 0. The first-order valence-corrected chi connectivity index (χ1v) is 13.9. The fourth-order valence-electron chi connectivity index (χ4n) is 4.56. The highest BCUT2D eigenvalue weighted by Crippen LogP contribution is 2.12. The molecule has 0 atom stereocenters. The van der Waals surface area contributed by atoms with Gasteiger partial charge in [-0.3, -0.25) is 0 Å². The van der Waals surface area contributed by atoms with E-state index in [9.17, 15) is 0 Å². The minimum absolute atomic E-state index is 1.22. The molecule has 0 radical (unpaired) electrons. The van der Waals surface area contributed by atoms with Crippen LogP contribution in [0.15, 0.2) is 12.4 Å². The van der Waals surface area contributed by atoms with Gasteiger partial charge in [-0.15, -0.1) is 0 Å². The minimum atomic E-state index is 1.22. The summed E-state index contributed by atoms with van der Waals surface area (Å²) in [5, 5.41) is 0. The summed E-state index contributed by atoms with van der Waals surface area (Å²) in [6, 6.07) is 0. The first-order chi connectivity index (χ1) is 14.8. The fourth-order valence-corrected chi connectivity index (χ4v) is 4.56. The average molecular weight is 420 g/mol. The van der Waals surface area contributed by atoms with Crippen LogP contribution >= 0.6 is 0 Å². The highest BCUT2D eigenvalue weighted by molar-refractivity contribution is 4.84. The number of aryl methyl sites for hydroxylation is 2. The van der Waals surface area contributed by atoms with Crippen LogP contribution < -0.4 is 4.57 Å². The molecular formula is C28H55N2+. The smallest absolute Gasteiger partial charge is 0.234 e. The zero-order valence-corrected chi connectivity index (χ0v) is 21.1. The van der Waals surface area contributed by atoms with E-state index >= 15 is 0 Å². The van der Waals surface area contributed by atoms with Gasteiger partial charge in [-0.25, -0.2) is 9.13 Å². The maximum Gasteiger partial charge on any atom is 0.256 e. The molecule has 30 heavy (non-hydrogen) atoms. The van der Waals surface area contributed by atoms with E-state index < -0.39 is 0 Å². The van der Waals surface area contributed by atoms with E-state index in [0.717, 1.165) is 0 Å². The summed E-state index contributed by atoms with van der Waals surface area (Å²) in [6.45, 7) is 9.36. The van der Waals surface area contributed by atoms with Gasteiger partial charge < -0.3 is 0 Å². The fraction of sp³-hybridized carbons (Fsp3) is 0.893. The van der Waals surface area contributed by atoms with Crippen molar-refractivity contribution in [3.05, 3.63) is 18.2 Å². The van der Waals surface area contributed by atoms with Crippen molar-refractivity contribution in [3.63, 3.8) is 0 Å². The second-order valence-electron chi connectivity index (χ2n) is 9.51. The van der Waals surface area contributed by atoms with Gasteiger partial charge in [0, 0.05) is 6.42 Å². The van der Waals surface area contributed by atoms with Crippen LogP contribution in [0.1, 0.15) is 149 Å². The third-order valence-corrected chi connectivity index (χ3v) is 6.60. The van der Waals surface area contributed by atoms with E-state index in [0.29, 0.717) is 0 Å². The van der Waals surface area contributed by atoms with Gasteiger partial charge in [-0.2, -0.15) is 0 Å². The van der Waals surface area contributed by atoms with Gasteiger partial charge in [0.25, 0.3) is 5.82 Å². The molecule has 0 bridgehead atoms. The van der Waals surface area contributed by atoms with Crippen molar-refractivity contribution < 1.29 is 4.57 Å². The summed E-state index contributed by atoms with van der Waals surface area (Å²) in [6.07, 6.45) is 32.5. The number of nitrogens with zero attached hydrogens (tertiary/aromatic N) is 2. The lowest BCUT2D eigenvalue weighted by molar-refractivity contribution is -0.704. The summed E-state index contributed by atoms with van der Waals surface area (Å²) in [7, 11) is 0. The maximum atomic E-state index is 2.58. The van der Waals surface area contributed by atoms with Gasteiger partial charge >= 0.3 is 0 Å².